The van der Waals surface area contributed by atoms with Gasteiger partial charge in [-0.05, 0) is 55.0 Å². The lowest BCUT2D eigenvalue weighted by Crippen LogP contribution is -2.25. The third kappa shape index (κ3) is 4.90. The van der Waals surface area contributed by atoms with Gasteiger partial charge in [0.2, 0.25) is 5.43 Å². The number of carbonyl (C=O) groups is 1. The predicted octanol–water partition coefficient (Wildman–Crippen LogP) is 5.03. The Bertz CT molecular complexity index is 1480. The van der Waals surface area contributed by atoms with Crippen LogP contribution in [0.1, 0.15) is 16.1 Å². The zero-order valence-electron chi connectivity index (χ0n) is 18.7. The number of ether oxygens (including phenoxy) is 1. The van der Waals surface area contributed by atoms with Crippen LogP contribution in [0.25, 0.3) is 16.8 Å². The van der Waals surface area contributed by atoms with Crippen LogP contribution in [0, 0.1) is 17.0 Å². The van der Waals surface area contributed by atoms with Gasteiger partial charge in [0.25, 0.3) is 11.6 Å². The number of amides is 1. The molecule has 0 fully saturated rings. The predicted molar refractivity (Wildman–Crippen MR) is 133 cm³/mol. The molecule has 0 aliphatic carbocycles. The molecular weight excluding hydrogens is 472 g/mol. The number of rotatable bonds is 6. The normalized spacial score (nSPS) is 10.6. The van der Waals surface area contributed by atoms with Gasteiger partial charge in [0, 0.05) is 22.7 Å². The SMILES string of the molecule is COc1ccc(-c2c(NC(=O)c3ccc([N+](=O)[O-])cc3)n(-c3cccc(Cl)c3)nc(C)c2=O)cc1. The molecule has 1 amide bonds. The summed E-state index contributed by atoms with van der Waals surface area (Å²) in [6.07, 6.45) is 0. The van der Waals surface area contributed by atoms with Crippen molar-refractivity contribution in [1.29, 1.82) is 0 Å². The molecule has 0 bridgehead atoms. The molecule has 0 atom stereocenters. The molecule has 10 heteroatoms. The average molecular weight is 491 g/mol. The van der Waals surface area contributed by atoms with Crippen molar-refractivity contribution in [3.63, 3.8) is 0 Å². The summed E-state index contributed by atoms with van der Waals surface area (Å²) < 4.78 is 6.65. The fraction of sp³-hybridized carbons (Fsp3) is 0.0800. The van der Waals surface area contributed by atoms with Gasteiger partial charge < -0.3 is 10.1 Å². The van der Waals surface area contributed by atoms with Crippen molar-refractivity contribution in [2.45, 2.75) is 6.92 Å². The van der Waals surface area contributed by atoms with E-state index in [2.05, 4.69) is 10.4 Å². The fourth-order valence-electron chi connectivity index (χ4n) is 3.49. The Labute approximate surface area is 204 Å². The molecule has 0 radical (unpaired) electrons. The van der Waals surface area contributed by atoms with Gasteiger partial charge in [-0.25, -0.2) is 4.68 Å². The zero-order chi connectivity index (χ0) is 25.1. The Morgan fingerprint density at radius 1 is 1.09 bits per heavy atom. The summed E-state index contributed by atoms with van der Waals surface area (Å²) in [5.74, 6) is 0.151. The van der Waals surface area contributed by atoms with Crippen LogP contribution in [0.15, 0.2) is 77.6 Å². The number of aryl methyl sites for hydroxylation is 1. The third-order valence-electron chi connectivity index (χ3n) is 5.26. The van der Waals surface area contributed by atoms with Gasteiger partial charge >= 0.3 is 0 Å². The monoisotopic (exact) mass is 490 g/mol. The number of hydrogen-bond acceptors (Lipinski definition) is 6. The van der Waals surface area contributed by atoms with Crippen LogP contribution in [-0.4, -0.2) is 27.7 Å². The summed E-state index contributed by atoms with van der Waals surface area (Å²) in [4.78, 5) is 36.8. The first kappa shape index (κ1) is 23.7. The molecule has 176 valence electrons. The van der Waals surface area contributed by atoms with E-state index < -0.39 is 10.8 Å². The Hall–Kier alpha value is -4.50. The van der Waals surface area contributed by atoms with Crippen LogP contribution in [-0.2, 0) is 0 Å². The molecule has 1 N–H and O–H groups in total. The molecule has 0 saturated heterocycles. The highest BCUT2D eigenvalue weighted by molar-refractivity contribution is 6.30. The first-order valence-electron chi connectivity index (χ1n) is 10.4. The zero-order valence-corrected chi connectivity index (χ0v) is 19.4. The molecule has 0 unspecified atom stereocenters. The van der Waals surface area contributed by atoms with E-state index in [0.717, 1.165) is 0 Å². The fourth-order valence-corrected chi connectivity index (χ4v) is 3.67. The summed E-state index contributed by atoms with van der Waals surface area (Å²) in [7, 11) is 1.54. The highest BCUT2D eigenvalue weighted by Crippen LogP contribution is 2.29. The minimum atomic E-state index is -0.574. The molecule has 3 aromatic carbocycles. The van der Waals surface area contributed by atoms with Crippen molar-refractivity contribution in [1.82, 2.24) is 9.78 Å². The van der Waals surface area contributed by atoms with Crippen molar-refractivity contribution in [2.75, 3.05) is 12.4 Å². The molecule has 1 heterocycles. The molecular formula is C25H19ClN4O5. The Morgan fingerprint density at radius 2 is 1.77 bits per heavy atom. The molecule has 4 aromatic rings. The van der Waals surface area contributed by atoms with Crippen LogP contribution in [0.3, 0.4) is 0 Å². The third-order valence-corrected chi connectivity index (χ3v) is 5.49. The quantitative estimate of drug-likeness (QED) is 0.299. The number of benzene rings is 3. The van der Waals surface area contributed by atoms with Gasteiger partial charge in [0.1, 0.15) is 17.3 Å². The van der Waals surface area contributed by atoms with Gasteiger partial charge in [0.05, 0.1) is 23.3 Å². The van der Waals surface area contributed by atoms with Crippen LogP contribution in [0.5, 0.6) is 5.75 Å². The van der Waals surface area contributed by atoms with E-state index in [4.69, 9.17) is 16.3 Å². The maximum atomic E-state index is 13.3. The summed E-state index contributed by atoms with van der Waals surface area (Å²) >= 11 is 6.19. The first-order chi connectivity index (χ1) is 16.8. The minimum Gasteiger partial charge on any atom is -0.497 e. The molecule has 1 aromatic heterocycles. The number of nitro benzene ring substituents is 1. The van der Waals surface area contributed by atoms with E-state index in [1.807, 2.05) is 0 Å². The number of aromatic nitrogens is 2. The number of nitrogens with zero attached hydrogens (tertiary/aromatic N) is 3. The second-order valence-electron chi connectivity index (χ2n) is 7.52. The maximum absolute atomic E-state index is 13.3. The molecule has 0 spiro atoms. The van der Waals surface area contributed by atoms with Crippen LogP contribution < -0.4 is 15.5 Å². The van der Waals surface area contributed by atoms with Crippen molar-refractivity contribution in [3.05, 3.63) is 109 Å². The van der Waals surface area contributed by atoms with E-state index in [-0.39, 0.29) is 33.8 Å². The Morgan fingerprint density at radius 3 is 2.37 bits per heavy atom. The molecule has 0 saturated carbocycles. The van der Waals surface area contributed by atoms with Crippen LogP contribution >= 0.6 is 11.6 Å². The second-order valence-corrected chi connectivity index (χ2v) is 7.95. The minimum absolute atomic E-state index is 0.122. The van der Waals surface area contributed by atoms with Crippen molar-refractivity contribution in [2.24, 2.45) is 0 Å². The van der Waals surface area contributed by atoms with E-state index in [0.29, 0.717) is 22.0 Å². The Kier molecular flexibility index (Phi) is 6.61. The van der Waals surface area contributed by atoms with Crippen LogP contribution in [0.4, 0.5) is 11.5 Å². The van der Waals surface area contributed by atoms with Gasteiger partial charge in [-0.1, -0.05) is 29.8 Å². The van der Waals surface area contributed by atoms with E-state index in [9.17, 15) is 19.7 Å². The van der Waals surface area contributed by atoms with Crippen LogP contribution in [0.2, 0.25) is 5.02 Å². The number of nitrogens with one attached hydrogen (secondary N) is 1. The number of methoxy groups -OCH3 is 1. The second kappa shape index (κ2) is 9.78. The largest absolute Gasteiger partial charge is 0.497 e. The van der Waals surface area contributed by atoms with Crippen molar-refractivity contribution in [3.8, 4) is 22.6 Å². The topological polar surface area (TPSA) is 116 Å². The number of hydrogen-bond donors (Lipinski definition) is 1. The van der Waals surface area contributed by atoms with Gasteiger partial charge in [-0.15, -0.1) is 0 Å². The molecule has 9 nitrogen and oxygen atoms in total. The number of nitro groups is 1. The number of non-ortho nitro benzene ring substituents is 1. The average Bonchev–Trinajstić information content (AvgIpc) is 2.86. The van der Waals surface area contributed by atoms with Gasteiger partial charge in [-0.3, -0.25) is 19.7 Å². The highest BCUT2D eigenvalue weighted by Gasteiger charge is 2.21. The summed E-state index contributed by atoms with van der Waals surface area (Å²) in [5, 5.41) is 18.6. The van der Waals surface area contributed by atoms with Gasteiger partial charge in [-0.2, -0.15) is 5.10 Å². The maximum Gasteiger partial charge on any atom is 0.269 e. The number of halogens is 1. The molecule has 4 rings (SSSR count). The van der Waals surface area contributed by atoms with Crippen molar-refractivity contribution >= 4 is 29.0 Å². The lowest BCUT2D eigenvalue weighted by atomic mass is 10.0. The van der Waals surface area contributed by atoms with E-state index in [1.54, 1.807) is 55.5 Å². The summed E-state index contributed by atoms with van der Waals surface area (Å²) in [6.45, 7) is 1.58. The standard InChI is InChI=1S/C25H19ClN4O5/c1-15-23(31)22(16-8-12-21(35-2)13-9-16)24(29(28-15)20-5-3-4-18(26)14-20)27-25(32)17-6-10-19(11-7-17)30(33)34/h3-14H,1-2H3,(H,27,32). The number of carbonyl (C=O) groups excluding carboxylic acids is 1. The van der Waals surface area contributed by atoms with E-state index in [1.165, 1.54) is 36.1 Å². The lowest BCUT2D eigenvalue weighted by molar-refractivity contribution is -0.384. The molecule has 35 heavy (non-hydrogen) atoms. The molecule has 0 aliphatic heterocycles. The van der Waals surface area contributed by atoms with Crippen molar-refractivity contribution < 1.29 is 14.5 Å². The Balaban J connectivity index is 1.91. The lowest BCUT2D eigenvalue weighted by Gasteiger charge is -2.18. The van der Waals surface area contributed by atoms with Gasteiger partial charge in [0.15, 0.2) is 0 Å². The highest BCUT2D eigenvalue weighted by atomic mass is 35.5. The number of anilines is 1. The smallest absolute Gasteiger partial charge is 0.269 e. The summed E-state index contributed by atoms with van der Waals surface area (Å²) in [6, 6.07) is 18.8. The van der Waals surface area contributed by atoms with E-state index >= 15 is 0 Å². The molecule has 0 aliphatic rings. The summed E-state index contributed by atoms with van der Waals surface area (Å²) in [5.41, 5.74) is 1.15. The first-order valence-corrected chi connectivity index (χ1v) is 10.8.